The number of aromatic nitrogens is 3. The fourth-order valence-corrected chi connectivity index (χ4v) is 4.41. The summed E-state index contributed by atoms with van der Waals surface area (Å²) in [4.78, 5) is 35.0. The van der Waals surface area contributed by atoms with Gasteiger partial charge >= 0.3 is 0 Å². The Morgan fingerprint density at radius 3 is 2.92 bits per heavy atom. The highest BCUT2D eigenvalue weighted by atomic mass is 32.1. The third kappa shape index (κ3) is 3.03. The van der Waals surface area contributed by atoms with Gasteiger partial charge in [0, 0.05) is 17.5 Å². The van der Waals surface area contributed by atoms with Crippen molar-refractivity contribution in [3.05, 3.63) is 56.0 Å². The molecule has 1 amide bonds. The number of rotatable bonds is 3. The van der Waals surface area contributed by atoms with E-state index in [0.29, 0.717) is 16.5 Å². The van der Waals surface area contributed by atoms with Crippen molar-refractivity contribution in [2.45, 2.75) is 38.6 Å². The summed E-state index contributed by atoms with van der Waals surface area (Å²) < 4.78 is 1.42. The molecule has 4 rings (SSSR count). The van der Waals surface area contributed by atoms with Gasteiger partial charge in [0.25, 0.3) is 11.5 Å². The predicted molar refractivity (Wildman–Crippen MR) is 102 cm³/mol. The summed E-state index contributed by atoms with van der Waals surface area (Å²) in [5, 5.41) is 4.47. The minimum atomic E-state index is -0.185. The zero-order valence-corrected chi connectivity index (χ0v) is 15.6. The lowest BCUT2D eigenvalue weighted by molar-refractivity contribution is 0.0940. The van der Waals surface area contributed by atoms with Crippen molar-refractivity contribution in [2.75, 3.05) is 0 Å². The van der Waals surface area contributed by atoms with Gasteiger partial charge in [-0.15, -0.1) is 11.3 Å². The van der Waals surface area contributed by atoms with Crippen LogP contribution < -0.4 is 10.9 Å². The standard InChI is InChI=1S/C19H20N4O2S/c1-11(18-22-14-5-3-4-6-16(14)26-18)21-17(24)12-7-8-13-15(9-12)20-10-23(2)19(13)25/h7-11H,3-6H2,1-2H3,(H,21,24)/t11-/m1/s1. The highest BCUT2D eigenvalue weighted by Crippen LogP contribution is 2.29. The van der Waals surface area contributed by atoms with Gasteiger partial charge in [-0.05, 0) is 50.8 Å². The van der Waals surface area contributed by atoms with Gasteiger partial charge in [-0.2, -0.15) is 0 Å². The van der Waals surface area contributed by atoms with Crippen LogP contribution in [0.25, 0.3) is 10.9 Å². The Balaban J connectivity index is 1.56. The van der Waals surface area contributed by atoms with Crippen LogP contribution in [0.3, 0.4) is 0 Å². The fourth-order valence-electron chi connectivity index (χ4n) is 3.25. The number of thiazole rings is 1. The first-order chi connectivity index (χ1) is 12.5. The van der Waals surface area contributed by atoms with E-state index in [4.69, 9.17) is 4.98 Å². The number of hydrogen-bond donors (Lipinski definition) is 1. The van der Waals surface area contributed by atoms with Crippen molar-refractivity contribution in [1.82, 2.24) is 19.9 Å². The molecule has 6 nitrogen and oxygen atoms in total. The van der Waals surface area contributed by atoms with E-state index in [1.807, 2.05) is 6.92 Å². The fraction of sp³-hybridized carbons (Fsp3) is 0.368. The molecule has 1 atom stereocenters. The summed E-state index contributed by atoms with van der Waals surface area (Å²) in [5.74, 6) is -0.185. The molecular weight excluding hydrogens is 348 g/mol. The minimum absolute atomic E-state index is 0.122. The highest BCUT2D eigenvalue weighted by molar-refractivity contribution is 7.11. The Hall–Kier alpha value is -2.54. The van der Waals surface area contributed by atoms with E-state index in [1.54, 1.807) is 36.6 Å². The third-order valence-corrected chi connectivity index (χ3v) is 6.10. The molecule has 0 saturated heterocycles. The van der Waals surface area contributed by atoms with Gasteiger partial charge in [0.1, 0.15) is 5.01 Å². The average molecular weight is 368 g/mol. The number of aryl methyl sites for hydroxylation is 3. The third-order valence-electron chi connectivity index (χ3n) is 4.76. The highest BCUT2D eigenvalue weighted by Gasteiger charge is 2.20. The Morgan fingerprint density at radius 1 is 1.31 bits per heavy atom. The SMILES string of the molecule is C[C@@H](NC(=O)c1ccc2c(=O)n(C)cnc2c1)c1nc2c(s1)CCCC2. The second-order valence-electron chi connectivity index (χ2n) is 6.72. The maximum atomic E-state index is 12.6. The summed E-state index contributed by atoms with van der Waals surface area (Å²) in [6, 6.07) is 4.84. The van der Waals surface area contributed by atoms with Crippen molar-refractivity contribution in [2.24, 2.45) is 7.05 Å². The molecule has 0 spiro atoms. The number of nitrogens with zero attached hydrogens (tertiary/aromatic N) is 3. The van der Waals surface area contributed by atoms with Crippen LogP contribution in [0, 0.1) is 0 Å². The molecule has 7 heteroatoms. The van der Waals surface area contributed by atoms with Gasteiger partial charge < -0.3 is 9.88 Å². The van der Waals surface area contributed by atoms with E-state index in [0.717, 1.165) is 17.8 Å². The maximum absolute atomic E-state index is 12.6. The van der Waals surface area contributed by atoms with Crippen molar-refractivity contribution in [1.29, 1.82) is 0 Å². The minimum Gasteiger partial charge on any atom is -0.343 e. The molecule has 2 heterocycles. The molecule has 1 aliphatic carbocycles. The van der Waals surface area contributed by atoms with Crippen molar-refractivity contribution in [3.8, 4) is 0 Å². The Kier molecular flexibility index (Phi) is 4.32. The molecule has 26 heavy (non-hydrogen) atoms. The number of hydrogen-bond acceptors (Lipinski definition) is 5. The Bertz CT molecular complexity index is 1030. The van der Waals surface area contributed by atoms with Crippen LogP contribution >= 0.6 is 11.3 Å². The Morgan fingerprint density at radius 2 is 2.12 bits per heavy atom. The summed E-state index contributed by atoms with van der Waals surface area (Å²) in [5.41, 5.74) is 2.09. The van der Waals surface area contributed by atoms with Crippen LogP contribution in [-0.2, 0) is 19.9 Å². The van der Waals surface area contributed by atoms with E-state index >= 15 is 0 Å². The average Bonchev–Trinajstić information content (AvgIpc) is 3.09. The number of carbonyl (C=O) groups is 1. The lowest BCUT2D eigenvalue weighted by atomic mass is 10.0. The van der Waals surface area contributed by atoms with Gasteiger partial charge in [0.05, 0.1) is 29.0 Å². The normalized spacial score (nSPS) is 14.8. The van der Waals surface area contributed by atoms with Gasteiger partial charge in [0.2, 0.25) is 0 Å². The van der Waals surface area contributed by atoms with Gasteiger partial charge in [0.15, 0.2) is 0 Å². The smallest absolute Gasteiger partial charge is 0.260 e. The molecule has 0 unspecified atom stereocenters. The van der Waals surface area contributed by atoms with Gasteiger partial charge in [-0.1, -0.05) is 0 Å². The van der Waals surface area contributed by atoms with Crippen LogP contribution in [0.5, 0.6) is 0 Å². The van der Waals surface area contributed by atoms with Crippen LogP contribution in [0.15, 0.2) is 29.3 Å². The molecule has 0 saturated carbocycles. The number of nitrogens with one attached hydrogen (secondary N) is 1. The number of fused-ring (bicyclic) bond motifs is 2. The van der Waals surface area contributed by atoms with E-state index in [-0.39, 0.29) is 17.5 Å². The zero-order valence-electron chi connectivity index (χ0n) is 14.8. The predicted octanol–water partition coefficient (Wildman–Crippen LogP) is 2.76. The van der Waals surface area contributed by atoms with E-state index < -0.39 is 0 Å². The van der Waals surface area contributed by atoms with Gasteiger partial charge in [-0.3, -0.25) is 9.59 Å². The molecule has 0 fully saturated rings. The second kappa shape index (κ2) is 6.64. The first kappa shape index (κ1) is 16.9. The topological polar surface area (TPSA) is 76.9 Å². The quantitative estimate of drug-likeness (QED) is 0.771. The molecule has 0 aliphatic heterocycles. The van der Waals surface area contributed by atoms with Crippen LogP contribution in [0.2, 0.25) is 0 Å². The van der Waals surface area contributed by atoms with Crippen LogP contribution in [0.4, 0.5) is 0 Å². The summed E-state index contributed by atoms with van der Waals surface area (Å²) in [7, 11) is 1.66. The maximum Gasteiger partial charge on any atom is 0.260 e. The monoisotopic (exact) mass is 368 g/mol. The second-order valence-corrected chi connectivity index (χ2v) is 7.83. The van der Waals surface area contributed by atoms with Crippen molar-refractivity contribution in [3.63, 3.8) is 0 Å². The molecule has 0 radical (unpaired) electrons. The number of carbonyl (C=O) groups excluding carboxylic acids is 1. The Labute approximate surface area is 154 Å². The number of amides is 1. The molecule has 1 aromatic carbocycles. The van der Waals surface area contributed by atoms with Crippen molar-refractivity contribution < 1.29 is 4.79 Å². The largest absolute Gasteiger partial charge is 0.343 e. The number of benzene rings is 1. The molecule has 1 aliphatic rings. The van der Waals surface area contributed by atoms with E-state index in [1.165, 1.54) is 34.3 Å². The summed E-state index contributed by atoms with van der Waals surface area (Å²) >= 11 is 1.70. The molecule has 134 valence electrons. The molecule has 3 aromatic rings. The summed E-state index contributed by atoms with van der Waals surface area (Å²) in [6.07, 6.45) is 6.02. The zero-order chi connectivity index (χ0) is 18.3. The molecule has 2 aromatic heterocycles. The molecule has 0 bridgehead atoms. The van der Waals surface area contributed by atoms with Crippen LogP contribution in [0.1, 0.15) is 51.7 Å². The van der Waals surface area contributed by atoms with Crippen LogP contribution in [-0.4, -0.2) is 20.4 Å². The molecule has 1 N–H and O–H groups in total. The van der Waals surface area contributed by atoms with Gasteiger partial charge in [-0.25, -0.2) is 9.97 Å². The van der Waals surface area contributed by atoms with E-state index in [9.17, 15) is 9.59 Å². The van der Waals surface area contributed by atoms with E-state index in [2.05, 4.69) is 10.3 Å². The lowest BCUT2D eigenvalue weighted by Gasteiger charge is -2.11. The first-order valence-electron chi connectivity index (χ1n) is 8.77. The first-order valence-corrected chi connectivity index (χ1v) is 9.59. The molecular formula is C19H20N4O2S. The lowest BCUT2D eigenvalue weighted by Crippen LogP contribution is -2.26. The van der Waals surface area contributed by atoms with Crippen molar-refractivity contribution >= 4 is 28.1 Å². The summed E-state index contributed by atoms with van der Waals surface area (Å²) in [6.45, 7) is 1.96.